The van der Waals surface area contributed by atoms with Crippen molar-refractivity contribution < 1.29 is 0 Å². The molecule has 7 aliphatic rings. The zero-order valence-electron chi connectivity index (χ0n) is 37.4. The Morgan fingerprint density at radius 1 is 0.516 bits per heavy atom. The van der Waals surface area contributed by atoms with Gasteiger partial charge in [0.2, 0.25) is 0 Å². The predicted molar refractivity (Wildman–Crippen MR) is 267 cm³/mol. The van der Waals surface area contributed by atoms with E-state index in [9.17, 15) is 0 Å². The van der Waals surface area contributed by atoms with E-state index in [-0.39, 0.29) is 5.41 Å². The third-order valence-electron chi connectivity index (χ3n) is 18.0. The van der Waals surface area contributed by atoms with Crippen LogP contribution < -0.4 is 4.90 Å². The minimum atomic E-state index is -0.193. The van der Waals surface area contributed by atoms with Gasteiger partial charge in [0.15, 0.2) is 0 Å². The Balaban J connectivity index is 0.915. The standard InChI is InChI=1S/C62H58N2/c1-61(2)56-27-26-52-55-34-45(43-9-5-3-6-10-43)17-28-58(55)64(48-11-7-4-8-12-48)60(52)59(56)53-25-24-51(35-57(53)61)63(49-20-15-44(16-21-49)54-33-39-13-14-46(54)32-39)50-22-18-47(19-23-50)62-36-40-29-41(37-62)31-42(30-40)38-62/h3-12,15-28,34-35,39-42,46,54H,13-14,29-33,36-38H2,1-2H3. The summed E-state index contributed by atoms with van der Waals surface area (Å²) in [6.07, 6.45) is 14.3. The van der Waals surface area contributed by atoms with E-state index in [1.807, 2.05) is 0 Å². The van der Waals surface area contributed by atoms with Crippen molar-refractivity contribution in [2.45, 2.75) is 94.8 Å². The normalized spacial score (nSPS) is 26.8. The van der Waals surface area contributed by atoms with Crippen molar-refractivity contribution in [2.75, 3.05) is 4.90 Å². The maximum absolute atomic E-state index is 2.56. The molecule has 0 saturated heterocycles. The smallest absolute Gasteiger partial charge is 0.0622 e. The van der Waals surface area contributed by atoms with Gasteiger partial charge < -0.3 is 9.47 Å². The number of benzene rings is 7. The lowest BCUT2D eigenvalue weighted by Crippen LogP contribution is -2.48. The van der Waals surface area contributed by atoms with Crippen molar-refractivity contribution >= 4 is 38.9 Å². The van der Waals surface area contributed by atoms with Crippen molar-refractivity contribution in [2.24, 2.45) is 29.6 Å². The summed E-state index contributed by atoms with van der Waals surface area (Å²) < 4.78 is 2.53. The highest BCUT2D eigenvalue weighted by Gasteiger charge is 2.51. The SMILES string of the molecule is CC1(C)c2cc(N(c3ccc(C4CC5CCC4C5)cc3)c3ccc(C45CC6CC(CC(C6)C4)C5)cc3)ccc2-c2c1ccc1c3cc(-c4ccccc4)ccc3n(-c3ccccc3)c21. The van der Waals surface area contributed by atoms with E-state index >= 15 is 0 Å². The zero-order valence-corrected chi connectivity index (χ0v) is 37.4. The van der Waals surface area contributed by atoms with Gasteiger partial charge >= 0.3 is 0 Å². The highest BCUT2D eigenvalue weighted by Crippen LogP contribution is 2.61. The molecule has 0 aliphatic heterocycles. The number of fused-ring (bicyclic) bond motifs is 9. The second-order valence-corrected chi connectivity index (χ2v) is 22.0. The van der Waals surface area contributed by atoms with Gasteiger partial charge in [0.25, 0.3) is 0 Å². The van der Waals surface area contributed by atoms with Crippen LogP contribution in [0.2, 0.25) is 0 Å². The molecule has 2 nitrogen and oxygen atoms in total. The van der Waals surface area contributed by atoms with Gasteiger partial charge in [0.05, 0.1) is 11.0 Å². The van der Waals surface area contributed by atoms with Crippen LogP contribution in [-0.2, 0) is 10.8 Å². The van der Waals surface area contributed by atoms with Gasteiger partial charge in [0.1, 0.15) is 0 Å². The fraction of sp³-hybridized carbons (Fsp3) is 0.323. The molecule has 0 amide bonds. The molecule has 1 heterocycles. The molecule has 7 aliphatic carbocycles. The van der Waals surface area contributed by atoms with Gasteiger partial charge in [-0.1, -0.05) is 117 Å². The van der Waals surface area contributed by atoms with Crippen molar-refractivity contribution in [3.05, 3.63) is 180 Å². The number of para-hydroxylation sites is 1. The molecule has 6 fully saturated rings. The van der Waals surface area contributed by atoms with Crippen molar-refractivity contribution in [1.29, 1.82) is 0 Å². The predicted octanol–water partition coefficient (Wildman–Crippen LogP) is 16.6. The molecule has 15 rings (SSSR count). The van der Waals surface area contributed by atoms with Crippen molar-refractivity contribution in [3.63, 3.8) is 0 Å². The van der Waals surface area contributed by atoms with E-state index in [2.05, 4.69) is 181 Å². The number of nitrogens with zero attached hydrogens (tertiary/aromatic N) is 2. The molecular formula is C62H58N2. The van der Waals surface area contributed by atoms with Gasteiger partial charge in [-0.25, -0.2) is 0 Å². The molecule has 3 atom stereocenters. The van der Waals surface area contributed by atoms with Crippen LogP contribution in [0.25, 0.3) is 49.7 Å². The van der Waals surface area contributed by atoms with Crippen LogP contribution in [-0.4, -0.2) is 4.57 Å². The summed E-state index contributed by atoms with van der Waals surface area (Å²) in [4.78, 5) is 2.56. The van der Waals surface area contributed by atoms with E-state index in [0.717, 1.165) is 35.5 Å². The first kappa shape index (κ1) is 37.5. The molecule has 0 N–H and O–H groups in total. The maximum Gasteiger partial charge on any atom is 0.0622 e. The fourth-order valence-electron chi connectivity index (χ4n) is 15.5. The molecule has 7 aromatic carbocycles. The highest BCUT2D eigenvalue weighted by atomic mass is 15.1. The van der Waals surface area contributed by atoms with Crippen LogP contribution in [0.3, 0.4) is 0 Å². The van der Waals surface area contributed by atoms with Gasteiger partial charge in [0, 0.05) is 44.5 Å². The number of rotatable bonds is 7. The Bertz CT molecular complexity index is 3080. The van der Waals surface area contributed by atoms with Crippen LogP contribution in [0.15, 0.2) is 158 Å². The van der Waals surface area contributed by atoms with Gasteiger partial charge in [-0.05, 0) is 198 Å². The van der Waals surface area contributed by atoms with Crippen LogP contribution >= 0.6 is 0 Å². The van der Waals surface area contributed by atoms with E-state index in [0.29, 0.717) is 5.41 Å². The second-order valence-electron chi connectivity index (χ2n) is 22.0. The fourth-order valence-corrected chi connectivity index (χ4v) is 15.5. The molecule has 64 heavy (non-hydrogen) atoms. The topological polar surface area (TPSA) is 8.17 Å². The lowest BCUT2D eigenvalue weighted by molar-refractivity contribution is -0.00518. The average Bonchev–Trinajstić information content (AvgIpc) is 4.10. The van der Waals surface area contributed by atoms with Crippen LogP contribution in [0.5, 0.6) is 0 Å². The first-order valence-corrected chi connectivity index (χ1v) is 24.7. The van der Waals surface area contributed by atoms with E-state index in [1.165, 1.54) is 142 Å². The van der Waals surface area contributed by atoms with Crippen molar-refractivity contribution in [1.82, 2.24) is 4.57 Å². The minimum Gasteiger partial charge on any atom is -0.310 e. The third kappa shape index (κ3) is 5.56. The summed E-state index contributed by atoms with van der Waals surface area (Å²) in [6, 6.07) is 61.0. The summed E-state index contributed by atoms with van der Waals surface area (Å²) in [7, 11) is 0. The number of hydrogen-bond acceptors (Lipinski definition) is 1. The molecular weight excluding hydrogens is 773 g/mol. The van der Waals surface area contributed by atoms with E-state index in [4.69, 9.17) is 0 Å². The van der Waals surface area contributed by atoms with Gasteiger partial charge in [-0.2, -0.15) is 0 Å². The number of hydrogen-bond donors (Lipinski definition) is 0. The Morgan fingerprint density at radius 3 is 1.86 bits per heavy atom. The Labute approximate surface area is 379 Å². The minimum absolute atomic E-state index is 0.193. The zero-order chi connectivity index (χ0) is 42.3. The molecule has 6 bridgehead atoms. The Morgan fingerprint density at radius 2 is 1.19 bits per heavy atom. The van der Waals surface area contributed by atoms with Crippen LogP contribution in [0.4, 0.5) is 17.1 Å². The molecule has 316 valence electrons. The number of anilines is 3. The summed E-state index contributed by atoms with van der Waals surface area (Å²) >= 11 is 0. The molecule has 6 saturated carbocycles. The molecule has 8 aromatic rings. The van der Waals surface area contributed by atoms with E-state index in [1.54, 1.807) is 11.1 Å². The summed E-state index contributed by atoms with van der Waals surface area (Å²) in [5, 5.41) is 2.60. The lowest BCUT2D eigenvalue weighted by Gasteiger charge is -2.57. The highest BCUT2D eigenvalue weighted by molar-refractivity contribution is 6.16. The molecule has 0 spiro atoms. The van der Waals surface area contributed by atoms with Crippen molar-refractivity contribution in [3.8, 4) is 27.9 Å². The first-order chi connectivity index (χ1) is 31.4. The molecule has 0 radical (unpaired) electrons. The quantitative estimate of drug-likeness (QED) is 0.155. The van der Waals surface area contributed by atoms with Gasteiger partial charge in [-0.3, -0.25) is 0 Å². The molecule has 3 unspecified atom stereocenters. The summed E-state index contributed by atoms with van der Waals surface area (Å²) in [6.45, 7) is 4.90. The summed E-state index contributed by atoms with van der Waals surface area (Å²) in [5.41, 5.74) is 18.9. The monoisotopic (exact) mass is 830 g/mol. The Kier molecular flexibility index (Phi) is 8.10. The molecule has 2 heteroatoms. The Hall–Kier alpha value is -5.86. The largest absolute Gasteiger partial charge is 0.310 e. The van der Waals surface area contributed by atoms with Crippen LogP contribution in [0, 0.1) is 29.6 Å². The average molecular weight is 831 g/mol. The maximum atomic E-state index is 2.56. The van der Waals surface area contributed by atoms with Crippen LogP contribution in [0.1, 0.15) is 106 Å². The number of aromatic nitrogens is 1. The van der Waals surface area contributed by atoms with Gasteiger partial charge in [-0.15, -0.1) is 0 Å². The summed E-state index contributed by atoms with van der Waals surface area (Å²) in [5.74, 6) is 5.38. The van der Waals surface area contributed by atoms with E-state index < -0.39 is 0 Å². The second kappa shape index (κ2) is 13.8. The lowest BCUT2D eigenvalue weighted by atomic mass is 9.48. The third-order valence-corrected chi connectivity index (χ3v) is 18.0. The molecule has 1 aromatic heterocycles. The first-order valence-electron chi connectivity index (χ1n) is 24.7.